The largest absolute Gasteiger partial charge is 0.386 e. The van der Waals surface area contributed by atoms with E-state index < -0.39 is 36.9 Å². The summed E-state index contributed by atoms with van der Waals surface area (Å²) in [6.07, 6.45) is -1.37. The molecule has 118 valence electrons. The van der Waals surface area contributed by atoms with Crippen molar-refractivity contribution >= 4 is 13.2 Å². The molecule has 0 amide bonds. The SMILES string of the molecule is O=c1[nH]ccc2ncc([C@@H]3O[C@@H]4COP(=O)(O)[C@]4(O)[C@H]3O)n12. The maximum absolute atomic E-state index is 12.0. The summed E-state index contributed by atoms with van der Waals surface area (Å²) in [5.41, 5.74) is -0.0116. The molecule has 0 aliphatic carbocycles. The van der Waals surface area contributed by atoms with Crippen LogP contribution >= 0.6 is 7.60 Å². The van der Waals surface area contributed by atoms with Crippen molar-refractivity contribution in [3.05, 3.63) is 34.6 Å². The number of H-pyrrole nitrogens is 1. The molecule has 4 rings (SSSR count). The zero-order valence-corrected chi connectivity index (χ0v) is 11.9. The molecule has 22 heavy (non-hydrogen) atoms. The van der Waals surface area contributed by atoms with Crippen LogP contribution in [0.25, 0.3) is 5.65 Å². The highest BCUT2D eigenvalue weighted by molar-refractivity contribution is 7.54. The van der Waals surface area contributed by atoms with Crippen molar-refractivity contribution in [2.45, 2.75) is 23.7 Å². The molecule has 10 nitrogen and oxygen atoms in total. The quantitative estimate of drug-likeness (QED) is 0.474. The van der Waals surface area contributed by atoms with Crippen LogP contribution in [0.5, 0.6) is 0 Å². The molecular weight excluding hydrogens is 317 g/mol. The molecule has 0 bridgehead atoms. The third kappa shape index (κ3) is 1.54. The normalized spacial score (nSPS) is 41.1. The number of ether oxygens (including phenoxy) is 1. The molecule has 4 N–H and O–H groups in total. The van der Waals surface area contributed by atoms with Crippen LogP contribution in [0.3, 0.4) is 0 Å². The average Bonchev–Trinajstić information content (AvgIpc) is 3.06. The molecule has 2 fully saturated rings. The van der Waals surface area contributed by atoms with E-state index in [2.05, 4.69) is 14.5 Å². The molecule has 0 radical (unpaired) electrons. The first-order valence-electron chi connectivity index (χ1n) is 6.44. The topological polar surface area (TPSA) is 146 Å². The number of aromatic nitrogens is 3. The third-order valence-corrected chi connectivity index (χ3v) is 6.07. The number of aliphatic hydroxyl groups is 2. The highest BCUT2D eigenvalue weighted by Crippen LogP contribution is 2.67. The molecular formula is C11H12N3O7P. The fourth-order valence-electron chi connectivity index (χ4n) is 2.95. The smallest absolute Gasteiger partial charge is 0.365 e. The summed E-state index contributed by atoms with van der Waals surface area (Å²) in [5.74, 6) is 0. The van der Waals surface area contributed by atoms with E-state index in [0.29, 0.717) is 5.65 Å². The number of aliphatic hydroxyl groups excluding tert-OH is 1. The molecule has 2 aromatic heterocycles. The first-order valence-corrected chi connectivity index (χ1v) is 8.02. The number of imidazole rings is 1. The second-order valence-electron chi connectivity index (χ2n) is 5.25. The Morgan fingerprint density at radius 2 is 2.32 bits per heavy atom. The van der Waals surface area contributed by atoms with Crippen LogP contribution < -0.4 is 5.69 Å². The van der Waals surface area contributed by atoms with E-state index in [4.69, 9.17) is 4.74 Å². The van der Waals surface area contributed by atoms with Gasteiger partial charge in [0.15, 0.2) is 0 Å². The van der Waals surface area contributed by atoms with Gasteiger partial charge in [-0.25, -0.2) is 14.2 Å². The van der Waals surface area contributed by atoms with Gasteiger partial charge in [0.1, 0.15) is 24.0 Å². The minimum absolute atomic E-state index is 0.173. The summed E-state index contributed by atoms with van der Waals surface area (Å²) in [4.78, 5) is 28.1. The molecule has 5 atom stereocenters. The molecule has 11 heteroatoms. The Morgan fingerprint density at radius 3 is 3.05 bits per heavy atom. The van der Waals surface area contributed by atoms with Gasteiger partial charge in [0, 0.05) is 6.20 Å². The van der Waals surface area contributed by atoms with E-state index >= 15 is 0 Å². The molecule has 1 unspecified atom stereocenters. The van der Waals surface area contributed by atoms with Crippen molar-refractivity contribution in [3.63, 3.8) is 0 Å². The first-order chi connectivity index (χ1) is 10.4. The Hall–Kier alpha value is -1.55. The van der Waals surface area contributed by atoms with E-state index in [1.165, 1.54) is 16.8 Å². The molecule has 2 aliphatic heterocycles. The molecule has 0 spiro atoms. The van der Waals surface area contributed by atoms with Crippen LogP contribution in [0.4, 0.5) is 0 Å². The van der Waals surface area contributed by atoms with Gasteiger partial charge >= 0.3 is 13.3 Å². The molecule has 2 aliphatic rings. The predicted molar refractivity (Wildman–Crippen MR) is 70.2 cm³/mol. The number of nitrogens with zero attached hydrogens (tertiary/aromatic N) is 2. The van der Waals surface area contributed by atoms with Crippen molar-refractivity contribution in [2.75, 3.05) is 6.61 Å². The van der Waals surface area contributed by atoms with Gasteiger partial charge in [-0.1, -0.05) is 0 Å². The highest BCUT2D eigenvalue weighted by atomic mass is 31.2. The van der Waals surface area contributed by atoms with Crippen molar-refractivity contribution in [1.82, 2.24) is 14.4 Å². The standard InChI is InChI=1S/C11H12N3O7P/c15-9-8(21-6-4-20-22(18,19)11(6,9)17)5-3-13-7-1-2-12-10(16)14(5)7/h1-3,6,8-9,15,17H,4H2,(H,12,16)(H,18,19)/t6-,8+,9+,11+/m1/s1. The van der Waals surface area contributed by atoms with E-state index in [-0.39, 0.29) is 12.3 Å². The fourth-order valence-corrected chi connectivity index (χ4v) is 4.46. The second kappa shape index (κ2) is 4.25. The van der Waals surface area contributed by atoms with E-state index in [9.17, 15) is 24.5 Å². The monoisotopic (exact) mass is 329 g/mol. The van der Waals surface area contributed by atoms with Crippen LogP contribution in [0.2, 0.25) is 0 Å². The zero-order chi connectivity index (χ0) is 15.7. The number of hydrogen-bond donors (Lipinski definition) is 4. The van der Waals surface area contributed by atoms with Gasteiger partial charge in [-0.3, -0.25) is 4.57 Å². The van der Waals surface area contributed by atoms with Gasteiger partial charge in [-0.2, -0.15) is 0 Å². The Bertz CT molecular complexity index is 863. The number of rotatable bonds is 1. The summed E-state index contributed by atoms with van der Waals surface area (Å²) in [6, 6.07) is 1.54. The van der Waals surface area contributed by atoms with Crippen LogP contribution in [-0.2, 0) is 13.8 Å². The van der Waals surface area contributed by atoms with Crippen molar-refractivity contribution in [2.24, 2.45) is 0 Å². The maximum Gasteiger partial charge on any atom is 0.365 e. The molecule has 0 aromatic carbocycles. The minimum Gasteiger partial charge on any atom is -0.386 e. The second-order valence-corrected chi connectivity index (χ2v) is 7.26. The minimum atomic E-state index is -4.46. The van der Waals surface area contributed by atoms with Crippen LogP contribution in [0, 0.1) is 0 Å². The average molecular weight is 329 g/mol. The Balaban J connectivity index is 1.85. The summed E-state index contributed by atoms with van der Waals surface area (Å²) < 4.78 is 23.2. The zero-order valence-electron chi connectivity index (χ0n) is 11.0. The van der Waals surface area contributed by atoms with E-state index in [0.717, 1.165) is 0 Å². The van der Waals surface area contributed by atoms with Gasteiger partial charge in [0.2, 0.25) is 5.34 Å². The molecule has 2 aromatic rings. The molecule has 0 saturated carbocycles. The van der Waals surface area contributed by atoms with Crippen molar-refractivity contribution in [3.8, 4) is 0 Å². The summed E-state index contributed by atoms with van der Waals surface area (Å²) >= 11 is 0. The highest BCUT2D eigenvalue weighted by Gasteiger charge is 2.71. The number of aromatic amines is 1. The van der Waals surface area contributed by atoms with Crippen LogP contribution in [0.15, 0.2) is 23.3 Å². The predicted octanol–water partition coefficient (Wildman–Crippen LogP) is -1.27. The molecule has 2 saturated heterocycles. The van der Waals surface area contributed by atoms with Gasteiger partial charge < -0.3 is 29.4 Å². The summed E-state index contributed by atoms with van der Waals surface area (Å²) in [7, 11) is -4.46. The fraction of sp³-hybridized carbons (Fsp3) is 0.455. The lowest BCUT2D eigenvalue weighted by molar-refractivity contribution is -0.00818. The number of fused-ring (bicyclic) bond motifs is 2. The summed E-state index contributed by atoms with van der Waals surface area (Å²) in [6.45, 7) is -0.328. The molecule has 4 heterocycles. The lowest BCUT2D eigenvalue weighted by Gasteiger charge is -2.26. The Labute approximate surface area is 122 Å². The Morgan fingerprint density at radius 1 is 1.55 bits per heavy atom. The van der Waals surface area contributed by atoms with Gasteiger partial charge in [-0.05, 0) is 6.07 Å². The summed E-state index contributed by atoms with van der Waals surface area (Å²) in [5, 5.41) is 18.3. The van der Waals surface area contributed by atoms with Crippen molar-refractivity contribution in [1.29, 1.82) is 0 Å². The van der Waals surface area contributed by atoms with E-state index in [1.54, 1.807) is 6.07 Å². The van der Waals surface area contributed by atoms with Gasteiger partial charge in [0.25, 0.3) is 0 Å². The number of hydrogen-bond acceptors (Lipinski definition) is 7. The van der Waals surface area contributed by atoms with Crippen LogP contribution in [0.1, 0.15) is 11.8 Å². The van der Waals surface area contributed by atoms with E-state index in [1.807, 2.05) is 0 Å². The lowest BCUT2D eigenvalue weighted by atomic mass is 10.1. The third-order valence-electron chi connectivity index (χ3n) is 4.11. The first kappa shape index (κ1) is 14.1. The van der Waals surface area contributed by atoms with Crippen molar-refractivity contribution < 1.29 is 28.9 Å². The van der Waals surface area contributed by atoms with Gasteiger partial charge in [0.05, 0.1) is 18.5 Å². The Kier molecular flexibility index (Phi) is 2.72. The van der Waals surface area contributed by atoms with Gasteiger partial charge in [-0.15, -0.1) is 0 Å². The lowest BCUT2D eigenvalue weighted by Crippen LogP contribution is -2.44. The number of nitrogens with one attached hydrogen (secondary N) is 1. The van der Waals surface area contributed by atoms with Crippen LogP contribution in [-0.4, -0.2) is 53.6 Å². The maximum atomic E-state index is 12.0.